The van der Waals surface area contributed by atoms with Crippen molar-refractivity contribution in [3.63, 3.8) is 0 Å². The van der Waals surface area contributed by atoms with Gasteiger partial charge in [-0.05, 0) is 90.8 Å². The van der Waals surface area contributed by atoms with Crippen LogP contribution in [-0.2, 0) is 92.6 Å². The van der Waals surface area contributed by atoms with E-state index in [2.05, 4.69) is 47.2 Å². The monoisotopic (exact) mass is 1360 g/mol. The fourth-order valence-electron chi connectivity index (χ4n) is 9.50. The molecule has 0 radical (unpaired) electrons. The molecule has 0 aliphatic carbocycles. The second kappa shape index (κ2) is 41.6. The Morgan fingerprint density at radius 2 is 0.839 bits per heavy atom. The van der Waals surface area contributed by atoms with E-state index < -0.39 is 190 Å². The first-order chi connectivity index (χ1) is 43.6. The highest BCUT2D eigenvalue weighted by Crippen LogP contribution is 2.35. The third-order valence-electron chi connectivity index (χ3n) is 15.2. The lowest BCUT2D eigenvalue weighted by atomic mass is 9.89. The topological polar surface area (TPSA) is 580 Å². The molecule has 2 aromatic heterocycles. The number of Topliss-reactive ketones (excluding diaryl/α,β-unsaturated/α-hetero) is 4. The number of carboxylic acids is 3. The minimum Gasteiger partial charge on any atom is -0.481 e. The van der Waals surface area contributed by atoms with Crippen LogP contribution in [0.1, 0.15) is 148 Å². The number of aromatic nitrogens is 6. The standard InChI is InChI=1S/C56H94N14O21P2/c1-33(14-16-49(75)76)51(79)62-42(15-17-50(77)78)46(72)25-34(2)52(80)61-41(12-6-9-19-58)48(74)29-38(27-39-31-69(67-65-39)21-23-92(86,87)88)55(83)60-36(4)45(71)28-37(11-5-8-18-57)54(82)64-44(30-40-32-70(68-66-40)22-24-93(89,90)91)47(73)26-35(3)53(81)63-43(56(84)85)13-7-10-20-59/h31-38,41-44H,5-30,57-59H2,1-4H3,(H,60,83)(H,61,80)(H,62,79)(H,63,81)(H,64,82)(H,75,76)(H,77,78)(H,84,85)(H2,86,87,88)(H2,89,90,91)/t33-,34+,35+,36-,37+,38+,41-,42-,43-,44-/m0/s1. The van der Waals surface area contributed by atoms with Crippen molar-refractivity contribution < 1.29 is 102 Å². The second-order valence-corrected chi connectivity index (χ2v) is 27.0. The van der Waals surface area contributed by atoms with Gasteiger partial charge >= 0.3 is 33.1 Å². The number of nitrogens with zero attached hydrogens (tertiary/aromatic N) is 6. The van der Waals surface area contributed by atoms with Gasteiger partial charge in [-0.1, -0.05) is 37.6 Å². The van der Waals surface area contributed by atoms with Gasteiger partial charge in [0.15, 0.2) is 23.1 Å². The Morgan fingerprint density at radius 3 is 1.31 bits per heavy atom. The van der Waals surface area contributed by atoms with Gasteiger partial charge in [0.2, 0.25) is 29.5 Å². The van der Waals surface area contributed by atoms with Gasteiger partial charge in [-0.2, -0.15) is 0 Å². The summed E-state index contributed by atoms with van der Waals surface area (Å²) in [5.41, 5.74) is 17.2. The van der Waals surface area contributed by atoms with Crippen LogP contribution >= 0.6 is 15.2 Å². The predicted molar refractivity (Wildman–Crippen MR) is 330 cm³/mol. The van der Waals surface area contributed by atoms with Gasteiger partial charge in [0, 0.05) is 87.4 Å². The molecule has 37 heteroatoms. The summed E-state index contributed by atoms with van der Waals surface area (Å²) in [4.78, 5) is 198. The van der Waals surface area contributed by atoms with Crippen LogP contribution in [0.3, 0.4) is 0 Å². The molecule has 5 amide bonds. The normalized spacial score (nSPS) is 15.0. The van der Waals surface area contributed by atoms with E-state index in [1.807, 2.05) is 0 Å². The van der Waals surface area contributed by atoms with Gasteiger partial charge in [-0.15, -0.1) is 10.2 Å². The summed E-state index contributed by atoms with van der Waals surface area (Å²) >= 11 is 0. The Hall–Kier alpha value is -7.10. The molecule has 2 heterocycles. The van der Waals surface area contributed by atoms with E-state index in [0.717, 1.165) is 9.36 Å². The third-order valence-corrected chi connectivity index (χ3v) is 16.8. The lowest BCUT2D eigenvalue weighted by Crippen LogP contribution is -2.49. The van der Waals surface area contributed by atoms with E-state index in [1.54, 1.807) is 0 Å². The minimum atomic E-state index is -4.51. The quantitative estimate of drug-likeness (QED) is 0.0268. The van der Waals surface area contributed by atoms with Crippen molar-refractivity contribution in [2.24, 2.45) is 46.8 Å². The molecule has 10 atom stereocenters. The summed E-state index contributed by atoms with van der Waals surface area (Å²) in [7, 11) is -8.99. The van der Waals surface area contributed by atoms with E-state index in [9.17, 15) is 96.5 Å². The average molecular weight is 1360 g/mol. The van der Waals surface area contributed by atoms with Gasteiger partial charge in [0.05, 0.1) is 66.9 Å². The summed E-state index contributed by atoms with van der Waals surface area (Å²) in [5, 5.41) is 56.7. The Morgan fingerprint density at radius 1 is 0.452 bits per heavy atom. The van der Waals surface area contributed by atoms with Gasteiger partial charge in [0.1, 0.15) is 6.04 Å². The number of aliphatic carboxylic acids is 3. The number of carbonyl (C=O) groups is 12. The van der Waals surface area contributed by atoms with E-state index in [0.29, 0.717) is 32.1 Å². The fraction of sp³-hybridized carbons (Fsp3) is 0.714. The van der Waals surface area contributed by atoms with Gasteiger partial charge in [0.25, 0.3) is 0 Å². The molecule has 0 spiro atoms. The molecule has 2 aromatic rings. The maximum absolute atomic E-state index is 14.5. The highest BCUT2D eigenvalue weighted by Gasteiger charge is 2.36. The van der Waals surface area contributed by atoms with Gasteiger partial charge in [-0.25, -0.2) is 4.79 Å². The van der Waals surface area contributed by atoms with Crippen molar-refractivity contribution in [2.75, 3.05) is 32.0 Å². The predicted octanol–water partition coefficient (Wildman–Crippen LogP) is -1.37. The molecule has 0 saturated heterocycles. The van der Waals surface area contributed by atoms with Gasteiger partial charge in [-0.3, -0.25) is 71.2 Å². The zero-order chi connectivity index (χ0) is 70.2. The number of hydrogen-bond donors (Lipinski definition) is 15. The molecule has 0 bridgehead atoms. The molecular weight excluding hydrogens is 1270 g/mol. The van der Waals surface area contributed by atoms with Gasteiger partial charge < -0.3 is 78.7 Å². The van der Waals surface area contributed by atoms with Crippen LogP contribution in [-0.4, -0.2) is 198 Å². The SMILES string of the molecule is C[C@H](CC(=O)[C@H](Cc1cn(CCP(=O)(O)O)nn1)NC(=O)[C@H](CCCCN)CC(=O)[C@H](C)NC(=O)[C@@H](CC(=O)[C@H](CCCCN)NC(=O)[C@H](C)CC(=O)[C@H](CCC(=O)O)NC(=O)[C@@H](C)CCC(=O)O)Cc1cn(CCP(=O)(O)O)nn1)C(=O)N[C@@H](CCCCN)C(=O)O. The smallest absolute Gasteiger partial charge is 0.327 e. The largest absolute Gasteiger partial charge is 0.481 e. The number of carbonyl (C=O) groups excluding carboxylic acids is 9. The zero-order valence-electron chi connectivity index (χ0n) is 53.0. The molecule has 0 aliphatic heterocycles. The Kier molecular flexibility index (Phi) is 36.7. The summed E-state index contributed by atoms with van der Waals surface area (Å²) in [6, 6.07) is -6.86. The molecular formula is C56H94N14O21P2. The minimum absolute atomic E-state index is 0.0185. The molecule has 0 unspecified atom stereocenters. The summed E-state index contributed by atoms with van der Waals surface area (Å²) < 4.78 is 25.5. The highest BCUT2D eigenvalue weighted by atomic mass is 31.2. The van der Waals surface area contributed by atoms with E-state index >= 15 is 0 Å². The molecule has 93 heavy (non-hydrogen) atoms. The molecule has 524 valence electrons. The molecule has 35 nitrogen and oxygen atoms in total. The first-order valence-corrected chi connectivity index (χ1v) is 34.4. The van der Waals surface area contributed by atoms with Crippen molar-refractivity contribution in [3.05, 3.63) is 23.8 Å². The lowest BCUT2D eigenvalue weighted by Gasteiger charge is -2.25. The lowest BCUT2D eigenvalue weighted by molar-refractivity contribution is -0.143. The fourth-order valence-corrected chi connectivity index (χ4v) is 10.4. The molecule has 18 N–H and O–H groups in total. The van der Waals surface area contributed by atoms with Crippen molar-refractivity contribution in [1.82, 2.24) is 56.6 Å². The Balaban J connectivity index is 2.52. The van der Waals surface area contributed by atoms with Crippen LogP contribution in [0.4, 0.5) is 0 Å². The molecule has 2 rings (SSSR count). The molecule has 0 fully saturated rings. The number of carboxylic acid groups (broad SMARTS) is 3. The summed E-state index contributed by atoms with van der Waals surface area (Å²) in [5.74, 6) is -16.5. The number of rotatable bonds is 51. The van der Waals surface area contributed by atoms with Crippen LogP contribution in [0.15, 0.2) is 12.4 Å². The zero-order valence-corrected chi connectivity index (χ0v) is 54.8. The number of nitrogens with two attached hydrogens (primary N) is 3. The van der Waals surface area contributed by atoms with Crippen molar-refractivity contribution in [3.8, 4) is 0 Å². The van der Waals surface area contributed by atoms with Crippen molar-refractivity contribution in [1.29, 1.82) is 0 Å². The summed E-state index contributed by atoms with van der Waals surface area (Å²) in [6.45, 7) is 5.55. The number of amides is 5. The molecule has 0 aromatic carbocycles. The van der Waals surface area contributed by atoms with Crippen LogP contribution in [0.25, 0.3) is 0 Å². The second-order valence-electron chi connectivity index (χ2n) is 23.4. The van der Waals surface area contributed by atoms with E-state index in [4.69, 9.17) is 22.3 Å². The molecule has 0 saturated carbocycles. The molecule has 0 aliphatic rings. The first kappa shape index (κ1) is 82.0. The Bertz CT molecular complexity index is 2930. The maximum atomic E-state index is 14.5. The van der Waals surface area contributed by atoms with Crippen LogP contribution < -0.4 is 43.8 Å². The highest BCUT2D eigenvalue weighted by molar-refractivity contribution is 7.52. The third kappa shape index (κ3) is 33.5. The average Bonchev–Trinajstić information content (AvgIpc) is 1.90. The number of aryl methyl sites for hydroxylation is 2. The first-order valence-electron chi connectivity index (χ1n) is 30.8. The van der Waals surface area contributed by atoms with Crippen LogP contribution in [0, 0.1) is 29.6 Å². The number of unbranched alkanes of at least 4 members (excludes halogenated alkanes) is 3. The number of ketones is 4. The van der Waals surface area contributed by atoms with Crippen molar-refractivity contribution >= 4 is 85.8 Å². The summed E-state index contributed by atoms with van der Waals surface area (Å²) in [6.07, 6.45) is -0.757. The van der Waals surface area contributed by atoms with E-state index in [-0.39, 0.29) is 102 Å². The number of hydrogen-bond acceptors (Lipinski definition) is 21. The van der Waals surface area contributed by atoms with E-state index in [1.165, 1.54) is 40.1 Å². The Labute approximate surface area is 537 Å². The van der Waals surface area contributed by atoms with Crippen molar-refractivity contribution in [2.45, 2.75) is 193 Å². The van der Waals surface area contributed by atoms with Crippen LogP contribution in [0.5, 0.6) is 0 Å². The maximum Gasteiger partial charge on any atom is 0.327 e. The number of nitrogens with one attached hydrogen (secondary N) is 5. The van der Waals surface area contributed by atoms with Crippen LogP contribution in [0.2, 0.25) is 0 Å².